The van der Waals surface area contributed by atoms with E-state index >= 15 is 0 Å². The maximum absolute atomic E-state index is 12.2. The van der Waals surface area contributed by atoms with Crippen LogP contribution < -0.4 is 10.4 Å². The summed E-state index contributed by atoms with van der Waals surface area (Å²) in [6.45, 7) is 1.98. The van der Waals surface area contributed by atoms with Crippen LogP contribution in [0.25, 0.3) is 11.0 Å². The number of nitro groups is 1. The van der Waals surface area contributed by atoms with E-state index in [-0.39, 0.29) is 11.6 Å². The number of hydrogen-bond donors (Lipinski definition) is 0. The lowest BCUT2D eigenvalue weighted by molar-refractivity contribution is -0.384. The summed E-state index contributed by atoms with van der Waals surface area (Å²) in [6, 6.07) is 13.2. The summed E-state index contributed by atoms with van der Waals surface area (Å²) in [5.74, 6) is 0.323. The van der Waals surface area contributed by atoms with Gasteiger partial charge >= 0.3 is 5.63 Å². The third-order valence-electron chi connectivity index (χ3n) is 4.63. The van der Waals surface area contributed by atoms with Gasteiger partial charge in [-0.25, -0.2) is 9.78 Å². The second-order valence-electron chi connectivity index (χ2n) is 6.39. The molecule has 0 saturated carbocycles. The van der Waals surface area contributed by atoms with Crippen molar-refractivity contribution in [2.75, 3.05) is 0 Å². The van der Waals surface area contributed by atoms with E-state index in [0.717, 1.165) is 16.5 Å². The van der Waals surface area contributed by atoms with Crippen LogP contribution in [0.3, 0.4) is 0 Å². The summed E-state index contributed by atoms with van der Waals surface area (Å²) in [4.78, 5) is 27.0. The molecule has 0 saturated heterocycles. The van der Waals surface area contributed by atoms with Gasteiger partial charge in [-0.1, -0.05) is 30.4 Å². The lowest BCUT2D eigenvalue weighted by atomic mass is 9.87. The quantitative estimate of drug-likeness (QED) is 0.238. The van der Waals surface area contributed by atoms with Gasteiger partial charge in [-0.3, -0.25) is 10.1 Å². The average molecular weight is 408 g/mol. The first kappa shape index (κ1) is 18.8. The highest BCUT2D eigenvalue weighted by Crippen LogP contribution is 2.35. The first-order valence-electron chi connectivity index (χ1n) is 8.94. The van der Waals surface area contributed by atoms with E-state index in [4.69, 9.17) is 9.15 Å². The lowest BCUT2D eigenvalue weighted by Crippen LogP contribution is -2.07. The maximum atomic E-state index is 12.2. The average Bonchev–Trinajstić information content (AvgIpc) is 3.21. The van der Waals surface area contributed by atoms with Gasteiger partial charge in [0.1, 0.15) is 11.3 Å². The molecule has 0 aliphatic rings. The van der Waals surface area contributed by atoms with Crippen molar-refractivity contribution in [2.24, 2.45) is 0 Å². The molecule has 29 heavy (non-hydrogen) atoms. The minimum atomic E-state index is -0.484. The Morgan fingerprint density at radius 2 is 2.10 bits per heavy atom. The highest BCUT2D eigenvalue weighted by Gasteiger charge is 2.20. The second kappa shape index (κ2) is 7.84. The van der Waals surface area contributed by atoms with Crippen molar-refractivity contribution in [1.82, 2.24) is 4.98 Å². The molecule has 1 atom stereocenters. The van der Waals surface area contributed by atoms with Gasteiger partial charge in [0.25, 0.3) is 10.9 Å². The van der Waals surface area contributed by atoms with Crippen LogP contribution in [0.5, 0.6) is 10.9 Å². The molecule has 0 aliphatic carbocycles. The van der Waals surface area contributed by atoms with E-state index in [1.54, 1.807) is 35.8 Å². The Labute approximate surface area is 169 Å². The van der Waals surface area contributed by atoms with Crippen molar-refractivity contribution in [1.29, 1.82) is 0 Å². The molecule has 0 fully saturated rings. The van der Waals surface area contributed by atoms with Gasteiger partial charge in [-0.2, -0.15) is 0 Å². The van der Waals surface area contributed by atoms with Crippen molar-refractivity contribution in [3.63, 3.8) is 0 Å². The third kappa shape index (κ3) is 3.88. The largest absolute Gasteiger partial charge is 0.431 e. The molecule has 0 N–H and O–H groups in total. The van der Waals surface area contributed by atoms with Gasteiger partial charge < -0.3 is 9.15 Å². The molecule has 0 aliphatic heterocycles. The molecule has 1 unspecified atom stereocenters. The fraction of sp³-hybridized carbons (Fsp3) is 0.143. The van der Waals surface area contributed by atoms with Crippen LogP contribution in [0.2, 0.25) is 0 Å². The van der Waals surface area contributed by atoms with Crippen LogP contribution in [0.1, 0.15) is 30.4 Å². The standard InChI is InChI=1S/C21H16N2O5S/c1-2-16(13-4-3-5-14(10-13)23(25)26)18-12-20(24)28-19-11-15(6-7-17(18)19)27-21-22-8-9-29-21/h3-12,16H,2H2,1H3. The smallest absolute Gasteiger partial charge is 0.336 e. The maximum Gasteiger partial charge on any atom is 0.336 e. The summed E-state index contributed by atoms with van der Waals surface area (Å²) in [6.07, 6.45) is 2.31. The number of thiazole rings is 1. The highest BCUT2D eigenvalue weighted by molar-refractivity contribution is 7.11. The van der Waals surface area contributed by atoms with Crippen LogP contribution in [0.4, 0.5) is 5.69 Å². The highest BCUT2D eigenvalue weighted by atomic mass is 32.1. The summed E-state index contributed by atoms with van der Waals surface area (Å²) in [7, 11) is 0. The van der Waals surface area contributed by atoms with Crippen LogP contribution in [0.15, 0.2) is 69.3 Å². The third-order valence-corrected chi connectivity index (χ3v) is 5.28. The van der Waals surface area contributed by atoms with Gasteiger partial charge in [0.15, 0.2) is 0 Å². The Bertz CT molecular complexity index is 1230. The van der Waals surface area contributed by atoms with E-state index in [1.165, 1.54) is 23.5 Å². The Morgan fingerprint density at radius 1 is 1.24 bits per heavy atom. The zero-order valence-corrected chi connectivity index (χ0v) is 16.2. The number of fused-ring (bicyclic) bond motifs is 1. The molecule has 0 amide bonds. The van der Waals surface area contributed by atoms with Gasteiger partial charge in [-0.05, 0) is 29.7 Å². The van der Waals surface area contributed by atoms with Crippen molar-refractivity contribution >= 4 is 28.0 Å². The van der Waals surface area contributed by atoms with E-state index in [9.17, 15) is 14.9 Å². The van der Waals surface area contributed by atoms with E-state index in [1.807, 2.05) is 19.1 Å². The van der Waals surface area contributed by atoms with Gasteiger partial charge in [0.2, 0.25) is 0 Å². The van der Waals surface area contributed by atoms with Crippen LogP contribution in [-0.4, -0.2) is 9.91 Å². The topological polar surface area (TPSA) is 95.5 Å². The number of non-ortho nitro benzene ring substituents is 1. The van der Waals surface area contributed by atoms with E-state index in [0.29, 0.717) is 22.9 Å². The van der Waals surface area contributed by atoms with Crippen LogP contribution in [0, 0.1) is 10.1 Å². The summed E-state index contributed by atoms with van der Waals surface area (Å²) in [5.41, 5.74) is 1.47. The number of aromatic nitrogens is 1. The molecule has 2 aromatic heterocycles. The summed E-state index contributed by atoms with van der Waals surface area (Å²) >= 11 is 1.36. The molecule has 4 rings (SSSR count). The van der Waals surface area contributed by atoms with Gasteiger partial charge in [0, 0.05) is 47.1 Å². The Morgan fingerprint density at radius 3 is 2.83 bits per heavy atom. The zero-order chi connectivity index (χ0) is 20.4. The predicted octanol–water partition coefficient (Wildman–Crippen LogP) is 5.49. The van der Waals surface area contributed by atoms with Crippen molar-refractivity contribution in [3.05, 3.63) is 91.8 Å². The SMILES string of the molecule is CCC(c1cccc([N+](=O)[O-])c1)c1cc(=O)oc2cc(Oc3nccs3)ccc12. The monoisotopic (exact) mass is 408 g/mol. The van der Waals surface area contributed by atoms with E-state index < -0.39 is 10.5 Å². The van der Waals surface area contributed by atoms with Crippen LogP contribution in [-0.2, 0) is 0 Å². The first-order chi connectivity index (χ1) is 14.0. The number of hydrogen-bond acceptors (Lipinski definition) is 7. The first-order valence-corrected chi connectivity index (χ1v) is 9.82. The Balaban J connectivity index is 1.80. The van der Waals surface area contributed by atoms with Crippen molar-refractivity contribution < 1.29 is 14.1 Å². The molecule has 0 spiro atoms. The van der Waals surface area contributed by atoms with E-state index in [2.05, 4.69) is 4.98 Å². The number of nitro benzene ring substituents is 1. The summed E-state index contributed by atoms with van der Waals surface area (Å²) in [5, 5.41) is 14.2. The minimum absolute atomic E-state index is 0.0207. The molecule has 4 aromatic rings. The minimum Gasteiger partial charge on any atom is -0.431 e. The lowest BCUT2D eigenvalue weighted by Gasteiger charge is -2.17. The molecule has 146 valence electrons. The van der Waals surface area contributed by atoms with Crippen molar-refractivity contribution in [2.45, 2.75) is 19.3 Å². The predicted molar refractivity (Wildman–Crippen MR) is 110 cm³/mol. The molecule has 0 radical (unpaired) electrons. The fourth-order valence-electron chi connectivity index (χ4n) is 3.37. The molecular weight excluding hydrogens is 392 g/mol. The fourth-order valence-corrected chi connectivity index (χ4v) is 3.88. The normalized spacial score (nSPS) is 12.0. The Kier molecular flexibility index (Phi) is 5.09. The molecule has 2 aromatic carbocycles. The van der Waals surface area contributed by atoms with Crippen molar-refractivity contribution in [3.8, 4) is 10.9 Å². The second-order valence-corrected chi connectivity index (χ2v) is 7.25. The molecule has 7 nitrogen and oxygen atoms in total. The number of nitrogens with zero attached hydrogens (tertiary/aromatic N) is 2. The Hall–Kier alpha value is -3.52. The molecular formula is C21H16N2O5S. The number of rotatable bonds is 6. The molecule has 0 bridgehead atoms. The molecule has 2 heterocycles. The molecule has 8 heteroatoms. The summed E-state index contributed by atoms with van der Waals surface area (Å²) < 4.78 is 11.1. The van der Waals surface area contributed by atoms with Gasteiger partial charge in [-0.15, -0.1) is 0 Å². The van der Waals surface area contributed by atoms with Crippen LogP contribution >= 0.6 is 11.3 Å². The number of ether oxygens (including phenoxy) is 1. The van der Waals surface area contributed by atoms with Gasteiger partial charge in [0.05, 0.1) is 4.92 Å². The number of benzene rings is 2. The zero-order valence-electron chi connectivity index (χ0n) is 15.4.